The van der Waals surface area contributed by atoms with Gasteiger partial charge in [0.2, 0.25) is 0 Å². The van der Waals surface area contributed by atoms with Gasteiger partial charge in [-0.3, -0.25) is 5.41 Å². The fraction of sp³-hybridized carbons (Fsp3) is 0.875. The van der Waals surface area contributed by atoms with Crippen molar-refractivity contribution in [3.63, 3.8) is 0 Å². The summed E-state index contributed by atoms with van der Waals surface area (Å²) >= 11 is 0. The van der Waals surface area contributed by atoms with E-state index in [1.807, 2.05) is 19.0 Å². The Morgan fingerprint density at radius 1 is 1.42 bits per heavy atom. The molecule has 0 unspecified atom stereocenters. The Balaban J connectivity index is 2.30. The number of amidine groups is 1. The van der Waals surface area contributed by atoms with Crippen LogP contribution in [0.4, 0.5) is 0 Å². The van der Waals surface area contributed by atoms with Crippen LogP contribution in [0.2, 0.25) is 0 Å². The summed E-state index contributed by atoms with van der Waals surface area (Å²) in [6.45, 7) is 3.98. The van der Waals surface area contributed by atoms with E-state index in [-0.39, 0.29) is 0 Å². The predicted octanol–water partition coefficient (Wildman–Crippen LogP) is -0.143. The third-order valence-electron chi connectivity index (χ3n) is 1.86. The van der Waals surface area contributed by atoms with E-state index in [0.717, 1.165) is 32.8 Å². The van der Waals surface area contributed by atoms with Gasteiger partial charge in [0.1, 0.15) is 5.84 Å². The van der Waals surface area contributed by atoms with E-state index < -0.39 is 0 Å². The normalized spacial score (nSPS) is 18.4. The lowest BCUT2D eigenvalue weighted by molar-refractivity contribution is 0.0663. The SMILES string of the molecule is CN(C)CC(=N)N1CCOCC1. The number of hydrogen-bond acceptors (Lipinski definition) is 3. The van der Waals surface area contributed by atoms with Gasteiger partial charge in [0.15, 0.2) is 0 Å². The molecule has 70 valence electrons. The number of nitrogens with one attached hydrogen (secondary N) is 1. The summed E-state index contributed by atoms with van der Waals surface area (Å²) in [5.41, 5.74) is 0. The van der Waals surface area contributed by atoms with Crippen molar-refractivity contribution in [3.8, 4) is 0 Å². The van der Waals surface area contributed by atoms with Gasteiger partial charge < -0.3 is 14.5 Å². The molecule has 0 bridgehead atoms. The highest BCUT2D eigenvalue weighted by atomic mass is 16.5. The van der Waals surface area contributed by atoms with Crippen LogP contribution in [-0.2, 0) is 4.74 Å². The molecule has 0 aromatic rings. The summed E-state index contributed by atoms with van der Waals surface area (Å²) in [6.07, 6.45) is 0. The first-order chi connectivity index (χ1) is 5.70. The summed E-state index contributed by atoms with van der Waals surface area (Å²) in [7, 11) is 3.96. The van der Waals surface area contributed by atoms with Crippen molar-refractivity contribution < 1.29 is 4.74 Å². The molecule has 1 N–H and O–H groups in total. The number of hydrogen-bond donors (Lipinski definition) is 1. The Hall–Kier alpha value is -0.610. The molecule has 1 rings (SSSR count). The van der Waals surface area contributed by atoms with Crippen LogP contribution < -0.4 is 0 Å². The monoisotopic (exact) mass is 171 g/mol. The van der Waals surface area contributed by atoms with Crippen LogP contribution in [0.5, 0.6) is 0 Å². The molecule has 1 aliphatic heterocycles. The topological polar surface area (TPSA) is 39.6 Å². The molecule has 0 amide bonds. The van der Waals surface area contributed by atoms with Gasteiger partial charge in [-0.2, -0.15) is 0 Å². The lowest BCUT2D eigenvalue weighted by Crippen LogP contribution is -2.44. The maximum Gasteiger partial charge on any atom is 0.110 e. The Kier molecular flexibility index (Phi) is 3.49. The molecule has 4 nitrogen and oxygen atoms in total. The van der Waals surface area contributed by atoms with E-state index in [9.17, 15) is 0 Å². The highest BCUT2D eigenvalue weighted by Crippen LogP contribution is 1.97. The first-order valence-corrected chi connectivity index (χ1v) is 4.25. The van der Waals surface area contributed by atoms with Crippen molar-refractivity contribution in [3.05, 3.63) is 0 Å². The fourth-order valence-electron chi connectivity index (χ4n) is 1.23. The standard InChI is InChI=1S/C8H17N3O/c1-10(2)7-8(9)11-3-5-12-6-4-11/h9H,3-7H2,1-2H3. The second kappa shape index (κ2) is 4.42. The molecule has 0 spiro atoms. The minimum absolute atomic E-state index is 0.698. The summed E-state index contributed by atoms with van der Waals surface area (Å²) < 4.78 is 5.20. The zero-order chi connectivity index (χ0) is 8.97. The largest absolute Gasteiger partial charge is 0.378 e. The van der Waals surface area contributed by atoms with Gasteiger partial charge in [0.25, 0.3) is 0 Å². The molecule has 0 aromatic heterocycles. The van der Waals surface area contributed by atoms with Crippen LogP contribution in [-0.4, -0.2) is 62.6 Å². The molecule has 1 aliphatic rings. The zero-order valence-electron chi connectivity index (χ0n) is 7.84. The van der Waals surface area contributed by atoms with Gasteiger partial charge in [-0.1, -0.05) is 0 Å². The van der Waals surface area contributed by atoms with Gasteiger partial charge in [-0.15, -0.1) is 0 Å². The van der Waals surface area contributed by atoms with Crippen molar-refractivity contribution in [1.29, 1.82) is 5.41 Å². The van der Waals surface area contributed by atoms with Crippen molar-refractivity contribution in [2.75, 3.05) is 46.9 Å². The molecular formula is C8H17N3O. The van der Waals surface area contributed by atoms with Crippen LogP contribution in [0, 0.1) is 5.41 Å². The molecule has 0 radical (unpaired) electrons. The van der Waals surface area contributed by atoms with E-state index in [1.54, 1.807) is 0 Å². The van der Waals surface area contributed by atoms with Crippen LogP contribution >= 0.6 is 0 Å². The third-order valence-corrected chi connectivity index (χ3v) is 1.86. The highest BCUT2D eigenvalue weighted by molar-refractivity contribution is 5.81. The molecule has 1 fully saturated rings. The smallest absolute Gasteiger partial charge is 0.110 e. The minimum atomic E-state index is 0.698. The zero-order valence-corrected chi connectivity index (χ0v) is 7.84. The molecule has 12 heavy (non-hydrogen) atoms. The first-order valence-electron chi connectivity index (χ1n) is 4.25. The number of nitrogens with zero attached hydrogens (tertiary/aromatic N) is 2. The number of morpholine rings is 1. The molecule has 0 atom stereocenters. The fourth-order valence-corrected chi connectivity index (χ4v) is 1.23. The van der Waals surface area contributed by atoms with Crippen molar-refractivity contribution in [2.24, 2.45) is 0 Å². The molecule has 4 heteroatoms. The van der Waals surface area contributed by atoms with E-state index >= 15 is 0 Å². The van der Waals surface area contributed by atoms with E-state index in [1.165, 1.54) is 0 Å². The van der Waals surface area contributed by atoms with Crippen molar-refractivity contribution >= 4 is 5.84 Å². The Labute approximate surface area is 73.6 Å². The van der Waals surface area contributed by atoms with Crippen LogP contribution in [0.15, 0.2) is 0 Å². The van der Waals surface area contributed by atoms with E-state index in [0.29, 0.717) is 5.84 Å². The number of ether oxygens (including phenoxy) is 1. The van der Waals surface area contributed by atoms with Gasteiger partial charge >= 0.3 is 0 Å². The maximum atomic E-state index is 7.74. The van der Waals surface area contributed by atoms with Crippen LogP contribution in [0.3, 0.4) is 0 Å². The molecule has 0 saturated carbocycles. The van der Waals surface area contributed by atoms with Crippen molar-refractivity contribution in [1.82, 2.24) is 9.80 Å². The number of rotatable bonds is 2. The Bertz CT molecular complexity index is 152. The second-order valence-corrected chi connectivity index (χ2v) is 3.28. The van der Waals surface area contributed by atoms with Crippen LogP contribution in [0.25, 0.3) is 0 Å². The predicted molar refractivity (Wildman–Crippen MR) is 48.7 cm³/mol. The molecule has 0 aromatic carbocycles. The quantitative estimate of drug-likeness (QED) is 0.464. The first kappa shape index (κ1) is 9.48. The van der Waals surface area contributed by atoms with Gasteiger partial charge in [0, 0.05) is 13.1 Å². The van der Waals surface area contributed by atoms with Crippen molar-refractivity contribution in [2.45, 2.75) is 0 Å². The molecule has 1 heterocycles. The summed E-state index contributed by atoms with van der Waals surface area (Å²) in [5.74, 6) is 0.698. The van der Waals surface area contributed by atoms with E-state index in [2.05, 4.69) is 4.90 Å². The molecule has 0 aliphatic carbocycles. The Morgan fingerprint density at radius 3 is 2.50 bits per heavy atom. The summed E-state index contributed by atoms with van der Waals surface area (Å²) in [5, 5.41) is 7.74. The van der Waals surface area contributed by atoms with E-state index in [4.69, 9.17) is 10.1 Å². The maximum absolute atomic E-state index is 7.74. The highest BCUT2D eigenvalue weighted by Gasteiger charge is 2.13. The van der Waals surface area contributed by atoms with Gasteiger partial charge in [0.05, 0.1) is 19.8 Å². The Morgan fingerprint density at radius 2 is 2.00 bits per heavy atom. The van der Waals surface area contributed by atoms with Gasteiger partial charge in [-0.25, -0.2) is 0 Å². The van der Waals surface area contributed by atoms with Crippen LogP contribution in [0.1, 0.15) is 0 Å². The molecular weight excluding hydrogens is 154 g/mol. The summed E-state index contributed by atoms with van der Waals surface area (Å²) in [6, 6.07) is 0. The lowest BCUT2D eigenvalue weighted by Gasteiger charge is -2.30. The third kappa shape index (κ3) is 2.79. The average Bonchev–Trinajstić information content (AvgIpc) is 2.05. The number of likely N-dealkylation sites (N-methyl/N-ethyl adjacent to an activating group) is 1. The molecule has 1 saturated heterocycles. The second-order valence-electron chi connectivity index (χ2n) is 3.28. The summed E-state index contributed by atoms with van der Waals surface area (Å²) in [4.78, 5) is 4.08. The van der Waals surface area contributed by atoms with Gasteiger partial charge in [-0.05, 0) is 14.1 Å². The minimum Gasteiger partial charge on any atom is -0.378 e. The average molecular weight is 171 g/mol. The lowest BCUT2D eigenvalue weighted by atomic mass is 10.4.